The molecule has 4 rings (SSSR count). The number of morpholine rings is 1. The summed E-state index contributed by atoms with van der Waals surface area (Å²) in [7, 11) is 0. The first-order valence-electron chi connectivity index (χ1n) is 9.17. The fourth-order valence-electron chi connectivity index (χ4n) is 3.60. The highest BCUT2D eigenvalue weighted by atomic mass is 16.5. The number of nitrogens with zero attached hydrogens (tertiary/aromatic N) is 3. The van der Waals surface area contributed by atoms with Crippen LogP contribution in [0.15, 0.2) is 52.1 Å². The van der Waals surface area contributed by atoms with Crippen molar-refractivity contribution in [1.82, 2.24) is 14.0 Å². The van der Waals surface area contributed by atoms with Gasteiger partial charge in [-0.25, -0.2) is 9.36 Å². The highest BCUT2D eigenvalue weighted by Crippen LogP contribution is 2.14. The lowest BCUT2D eigenvalue weighted by atomic mass is 10.1. The van der Waals surface area contributed by atoms with Gasteiger partial charge in [0.2, 0.25) is 0 Å². The SMILES string of the molecule is O=c1c2ccccc2n(CCN2CCOCC2)c(=O)n1C1=CCCC=C1. The molecule has 2 aliphatic rings. The normalized spacial score (nSPS) is 18.2. The second-order valence-electron chi connectivity index (χ2n) is 6.65. The quantitative estimate of drug-likeness (QED) is 0.839. The topological polar surface area (TPSA) is 56.5 Å². The Morgan fingerprint density at radius 3 is 2.58 bits per heavy atom. The van der Waals surface area contributed by atoms with Crippen molar-refractivity contribution < 1.29 is 4.74 Å². The number of hydrogen-bond acceptors (Lipinski definition) is 4. The predicted molar refractivity (Wildman–Crippen MR) is 102 cm³/mol. The first-order valence-corrected chi connectivity index (χ1v) is 9.17. The van der Waals surface area contributed by atoms with Gasteiger partial charge in [-0.2, -0.15) is 0 Å². The van der Waals surface area contributed by atoms with E-state index in [0.29, 0.717) is 23.1 Å². The van der Waals surface area contributed by atoms with Crippen molar-refractivity contribution in [3.8, 4) is 0 Å². The molecule has 6 nitrogen and oxygen atoms in total. The molecule has 1 fully saturated rings. The molecule has 1 saturated heterocycles. The first kappa shape index (κ1) is 17.0. The Labute approximate surface area is 151 Å². The lowest BCUT2D eigenvalue weighted by Crippen LogP contribution is -2.43. The summed E-state index contributed by atoms with van der Waals surface area (Å²) in [4.78, 5) is 28.4. The monoisotopic (exact) mass is 353 g/mol. The molecular weight excluding hydrogens is 330 g/mol. The molecule has 1 aromatic heterocycles. The Hall–Kier alpha value is -2.44. The van der Waals surface area contributed by atoms with Crippen molar-refractivity contribution >= 4 is 16.6 Å². The van der Waals surface area contributed by atoms with Gasteiger partial charge in [0.05, 0.1) is 24.1 Å². The van der Waals surface area contributed by atoms with E-state index in [1.54, 1.807) is 10.6 Å². The summed E-state index contributed by atoms with van der Waals surface area (Å²) in [5, 5.41) is 0.578. The van der Waals surface area contributed by atoms with E-state index in [9.17, 15) is 9.59 Å². The molecule has 1 aliphatic carbocycles. The van der Waals surface area contributed by atoms with Gasteiger partial charge in [-0.15, -0.1) is 0 Å². The van der Waals surface area contributed by atoms with Crippen LogP contribution in [-0.2, 0) is 11.3 Å². The predicted octanol–water partition coefficient (Wildman–Crippen LogP) is 1.69. The van der Waals surface area contributed by atoms with Crippen molar-refractivity contribution in [1.29, 1.82) is 0 Å². The summed E-state index contributed by atoms with van der Waals surface area (Å²) in [5.41, 5.74) is 0.871. The molecule has 0 atom stereocenters. The van der Waals surface area contributed by atoms with E-state index in [0.717, 1.165) is 45.7 Å². The molecule has 136 valence electrons. The maximum atomic E-state index is 13.2. The van der Waals surface area contributed by atoms with E-state index < -0.39 is 0 Å². The molecule has 2 heterocycles. The summed E-state index contributed by atoms with van der Waals surface area (Å²) < 4.78 is 8.44. The van der Waals surface area contributed by atoms with Gasteiger partial charge in [-0.05, 0) is 31.1 Å². The molecule has 26 heavy (non-hydrogen) atoms. The molecule has 0 bridgehead atoms. The zero-order chi connectivity index (χ0) is 17.9. The maximum Gasteiger partial charge on any atom is 0.336 e. The largest absolute Gasteiger partial charge is 0.379 e. The van der Waals surface area contributed by atoms with Crippen LogP contribution in [0, 0.1) is 0 Å². The molecule has 2 aromatic rings. The van der Waals surface area contributed by atoms with Crippen LogP contribution in [0.1, 0.15) is 12.8 Å². The lowest BCUT2D eigenvalue weighted by molar-refractivity contribution is 0.0363. The van der Waals surface area contributed by atoms with E-state index >= 15 is 0 Å². The summed E-state index contributed by atoms with van der Waals surface area (Å²) in [6, 6.07) is 7.37. The van der Waals surface area contributed by atoms with Gasteiger partial charge in [0, 0.05) is 31.9 Å². The average molecular weight is 353 g/mol. The van der Waals surface area contributed by atoms with Crippen molar-refractivity contribution in [2.75, 3.05) is 32.8 Å². The van der Waals surface area contributed by atoms with Crippen LogP contribution in [0.3, 0.4) is 0 Å². The van der Waals surface area contributed by atoms with Gasteiger partial charge in [-0.3, -0.25) is 14.3 Å². The Morgan fingerprint density at radius 2 is 1.81 bits per heavy atom. The Balaban J connectivity index is 1.80. The fourth-order valence-corrected chi connectivity index (χ4v) is 3.60. The lowest BCUT2D eigenvalue weighted by Gasteiger charge is -2.27. The van der Waals surface area contributed by atoms with Gasteiger partial charge >= 0.3 is 5.69 Å². The van der Waals surface area contributed by atoms with E-state index in [-0.39, 0.29) is 11.2 Å². The highest BCUT2D eigenvalue weighted by molar-refractivity contribution is 5.79. The first-order chi connectivity index (χ1) is 12.8. The maximum absolute atomic E-state index is 13.2. The number of para-hydroxylation sites is 1. The summed E-state index contributed by atoms with van der Waals surface area (Å²) >= 11 is 0. The van der Waals surface area contributed by atoms with Crippen LogP contribution < -0.4 is 11.2 Å². The van der Waals surface area contributed by atoms with Gasteiger partial charge in [0.15, 0.2) is 0 Å². The third kappa shape index (κ3) is 3.18. The number of benzene rings is 1. The third-order valence-corrected chi connectivity index (χ3v) is 5.03. The Morgan fingerprint density at radius 1 is 1.00 bits per heavy atom. The van der Waals surface area contributed by atoms with Crippen LogP contribution >= 0.6 is 0 Å². The molecule has 0 N–H and O–H groups in total. The van der Waals surface area contributed by atoms with Gasteiger partial charge in [0.1, 0.15) is 0 Å². The van der Waals surface area contributed by atoms with E-state index in [2.05, 4.69) is 4.90 Å². The molecule has 0 radical (unpaired) electrons. The summed E-state index contributed by atoms with van der Waals surface area (Å²) in [6.07, 6.45) is 7.63. The van der Waals surface area contributed by atoms with Gasteiger partial charge in [0.25, 0.3) is 5.56 Å². The number of aromatic nitrogens is 2. The second-order valence-corrected chi connectivity index (χ2v) is 6.65. The van der Waals surface area contributed by atoms with E-state index in [4.69, 9.17) is 4.74 Å². The number of allylic oxidation sites excluding steroid dienone is 4. The summed E-state index contributed by atoms with van der Waals surface area (Å²) in [5.74, 6) is 0. The van der Waals surface area contributed by atoms with Gasteiger partial charge in [-0.1, -0.05) is 24.3 Å². The van der Waals surface area contributed by atoms with Crippen LogP contribution in [0.5, 0.6) is 0 Å². The molecule has 1 aromatic carbocycles. The highest BCUT2D eigenvalue weighted by Gasteiger charge is 2.17. The molecule has 0 unspecified atom stereocenters. The number of hydrogen-bond donors (Lipinski definition) is 0. The molecule has 6 heteroatoms. The van der Waals surface area contributed by atoms with Crippen LogP contribution in [0.2, 0.25) is 0 Å². The summed E-state index contributed by atoms with van der Waals surface area (Å²) in [6.45, 7) is 4.52. The molecular formula is C20H23N3O3. The number of ether oxygens (including phenoxy) is 1. The van der Waals surface area contributed by atoms with E-state index in [1.807, 2.05) is 36.4 Å². The third-order valence-electron chi connectivity index (χ3n) is 5.03. The zero-order valence-electron chi connectivity index (χ0n) is 14.8. The molecule has 0 saturated carbocycles. The van der Waals surface area contributed by atoms with Crippen molar-refractivity contribution in [3.05, 3.63) is 63.3 Å². The smallest absolute Gasteiger partial charge is 0.336 e. The van der Waals surface area contributed by atoms with Crippen LogP contribution in [-0.4, -0.2) is 46.9 Å². The fraction of sp³-hybridized carbons (Fsp3) is 0.400. The van der Waals surface area contributed by atoms with Crippen molar-refractivity contribution in [3.63, 3.8) is 0 Å². The molecule has 0 spiro atoms. The standard InChI is InChI=1S/C20H23N3O3/c24-19-17-8-4-5-9-18(17)22(11-10-21-12-14-26-15-13-21)20(25)23(19)16-6-2-1-3-7-16/h2,4-9H,1,3,10-15H2. The van der Waals surface area contributed by atoms with Crippen molar-refractivity contribution in [2.45, 2.75) is 19.4 Å². The number of rotatable bonds is 4. The van der Waals surface area contributed by atoms with Crippen LogP contribution in [0.4, 0.5) is 0 Å². The Bertz CT molecular complexity index is 978. The average Bonchev–Trinajstić information content (AvgIpc) is 2.70. The number of fused-ring (bicyclic) bond motifs is 1. The molecule has 0 amide bonds. The van der Waals surface area contributed by atoms with Crippen LogP contribution in [0.25, 0.3) is 16.6 Å². The molecule has 1 aliphatic heterocycles. The minimum Gasteiger partial charge on any atom is -0.379 e. The van der Waals surface area contributed by atoms with Crippen molar-refractivity contribution in [2.24, 2.45) is 0 Å². The second kappa shape index (κ2) is 7.43. The zero-order valence-corrected chi connectivity index (χ0v) is 14.8. The van der Waals surface area contributed by atoms with E-state index in [1.165, 1.54) is 4.57 Å². The Kier molecular flexibility index (Phi) is 4.86. The minimum atomic E-state index is -0.264. The van der Waals surface area contributed by atoms with Gasteiger partial charge < -0.3 is 4.74 Å². The minimum absolute atomic E-state index is 0.244.